The largest absolute Gasteiger partial charge is 0.481 e. The molecule has 7 heteroatoms. The fourth-order valence-electron chi connectivity index (χ4n) is 3.30. The molecule has 1 amide bonds. The zero-order chi connectivity index (χ0) is 18.9. The summed E-state index contributed by atoms with van der Waals surface area (Å²) >= 11 is 0. The third kappa shape index (κ3) is 3.62. The van der Waals surface area contributed by atoms with Crippen molar-refractivity contribution in [3.05, 3.63) is 65.7 Å². The molecule has 0 aromatic heterocycles. The lowest BCUT2D eigenvalue weighted by molar-refractivity contribution is -0.141. The van der Waals surface area contributed by atoms with Crippen LogP contribution in [-0.4, -0.2) is 49.6 Å². The first-order chi connectivity index (χ1) is 12.3. The lowest BCUT2D eigenvalue weighted by Crippen LogP contribution is -2.30. The minimum absolute atomic E-state index is 0.0666. The summed E-state index contributed by atoms with van der Waals surface area (Å²) in [6.07, 6.45) is 1.08. The summed E-state index contributed by atoms with van der Waals surface area (Å²) in [6.45, 7) is 0.375. The number of nitrogens with zero attached hydrogens (tertiary/aromatic N) is 1. The number of hydrogen-bond donors (Lipinski definition) is 1. The molecule has 0 radical (unpaired) electrons. The van der Waals surface area contributed by atoms with Crippen molar-refractivity contribution in [2.24, 2.45) is 5.92 Å². The Kier molecular flexibility index (Phi) is 4.82. The average Bonchev–Trinajstić information content (AvgIpc) is 3.07. The Morgan fingerprint density at radius 2 is 1.73 bits per heavy atom. The molecule has 1 aliphatic heterocycles. The Morgan fingerprint density at radius 1 is 1.04 bits per heavy atom. The number of hydrogen-bond acceptors (Lipinski definition) is 4. The molecule has 0 unspecified atom stereocenters. The molecule has 0 saturated carbocycles. The van der Waals surface area contributed by atoms with Gasteiger partial charge in [-0.1, -0.05) is 36.4 Å². The summed E-state index contributed by atoms with van der Waals surface area (Å²) in [4.78, 5) is 26.0. The van der Waals surface area contributed by atoms with E-state index in [2.05, 4.69) is 0 Å². The molecule has 0 aliphatic carbocycles. The van der Waals surface area contributed by atoms with Gasteiger partial charge in [-0.25, -0.2) is 8.42 Å². The highest BCUT2D eigenvalue weighted by Gasteiger charge is 2.40. The molecule has 136 valence electrons. The number of likely N-dealkylation sites (tertiary alicyclic amines) is 1. The lowest BCUT2D eigenvalue weighted by atomic mass is 9.89. The average molecular weight is 373 g/mol. The maximum absolute atomic E-state index is 12.8. The fourth-order valence-corrected chi connectivity index (χ4v) is 3.97. The van der Waals surface area contributed by atoms with Crippen molar-refractivity contribution >= 4 is 21.7 Å². The molecule has 1 aliphatic rings. The van der Waals surface area contributed by atoms with Crippen molar-refractivity contribution in [3.63, 3.8) is 0 Å². The van der Waals surface area contributed by atoms with Gasteiger partial charge in [-0.3, -0.25) is 9.59 Å². The van der Waals surface area contributed by atoms with Crippen LogP contribution >= 0.6 is 0 Å². The summed E-state index contributed by atoms with van der Waals surface area (Å²) in [5.74, 6) is -2.30. The van der Waals surface area contributed by atoms with Crippen molar-refractivity contribution in [3.8, 4) is 0 Å². The molecule has 26 heavy (non-hydrogen) atoms. The van der Waals surface area contributed by atoms with Crippen molar-refractivity contribution < 1.29 is 23.1 Å². The van der Waals surface area contributed by atoms with Crippen LogP contribution in [0.5, 0.6) is 0 Å². The summed E-state index contributed by atoms with van der Waals surface area (Å²) < 4.78 is 23.4. The Labute approximate surface area is 152 Å². The summed E-state index contributed by atoms with van der Waals surface area (Å²) in [5, 5.41) is 9.55. The smallest absolute Gasteiger partial charge is 0.308 e. The molecular formula is C19H19NO5S. The van der Waals surface area contributed by atoms with E-state index in [1.54, 1.807) is 6.07 Å². The first-order valence-electron chi connectivity index (χ1n) is 8.14. The Hall–Kier alpha value is -2.67. The molecule has 0 bridgehead atoms. The summed E-state index contributed by atoms with van der Waals surface area (Å²) in [6, 6.07) is 15.1. The number of carboxylic acids is 1. The van der Waals surface area contributed by atoms with Crippen LogP contribution in [0, 0.1) is 5.92 Å². The van der Waals surface area contributed by atoms with Crippen LogP contribution in [0.1, 0.15) is 21.8 Å². The normalized spacial score (nSPS) is 20.1. The van der Waals surface area contributed by atoms with Gasteiger partial charge < -0.3 is 10.0 Å². The molecule has 6 nitrogen and oxygen atoms in total. The fraction of sp³-hybridized carbons (Fsp3) is 0.263. The number of carbonyl (C=O) groups is 2. The van der Waals surface area contributed by atoms with Crippen molar-refractivity contribution in [2.75, 3.05) is 19.3 Å². The topological polar surface area (TPSA) is 91.8 Å². The second-order valence-corrected chi connectivity index (χ2v) is 8.49. The number of carboxylic acid groups (broad SMARTS) is 1. The predicted molar refractivity (Wildman–Crippen MR) is 95.8 cm³/mol. The number of rotatable bonds is 4. The quantitative estimate of drug-likeness (QED) is 0.885. The molecular weight excluding hydrogens is 354 g/mol. The SMILES string of the molecule is CS(=O)(=O)c1cccc(C(=O)N2C[C@H](C(=O)O)[C@H](c3ccccc3)C2)c1. The van der Waals surface area contributed by atoms with Gasteiger partial charge in [0.1, 0.15) is 0 Å². The van der Waals surface area contributed by atoms with Gasteiger partial charge in [0, 0.05) is 30.8 Å². The first-order valence-corrected chi connectivity index (χ1v) is 10.0. The van der Waals surface area contributed by atoms with Crippen LogP contribution in [0.3, 0.4) is 0 Å². The minimum Gasteiger partial charge on any atom is -0.481 e. The molecule has 2 aromatic rings. The Balaban J connectivity index is 1.88. The highest BCUT2D eigenvalue weighted by molar-refractivity contribution is 7.90. The predicted octanol–water partition coefficient (Wildman–Crippen LogP) is 2.03. The maximum atomic E-state index is 12.8. The maximum Gasteiger partial charge on any atom is 0.308 e. The van der Waals surface area contributed by atoms with Crippen LogP contribution < -0.4 is 0 Å². The van der Waals surface area contributed by atoms with Gasteiger partial charge in [-0.15, -0.1) is 0 Å². The monoisotopic (exact) mass is 373 g/mol. The van der Waals surface area contributed by atoms with E-state index in [0.29, 0.717) is 0 Å². The number of carbonyl (C=O) groups excluding carboxylic acids is 1. The van der Waals surface area contributed by atoms with Crippen molar-refractivity contribution in [1.82, 2.24) is 4.90 Å². The zero-order valence-electron chi connectivity index (χ0n) is 14.2. The third-order valence-corrected chi connectivity index (χ3v) is 5.77. The van der Waals surface area contributed by atoms with E-state index in [0.717, 1.165) is 11.8 Å². The Morgan fingerprint density at radius 3 is 2.35 bits per heavy atom. The first kappa shape index (κ1) is 18.1. The number of sulfone groups is 1. The van der Waals surface area contributed by atoms with Gasteiger partial charge in [0.05, 0.1) is 10.8 Å². The van der Waals surface area contributed by atoms with Crippen LogP contribution in [0.25, 0.3) is 0 Å². The zero-order valence-corrected chi connectivity index (χ0v) is 15.0. The van der Waals surface area contributed by atoms with E-state index < -0.39 is 21.7 Å². The van der Waals surface area contributed by atoms with Crippen molar-refractivity contribution in [1.29, 1.82) is 0 Å². The van der Waals surface area contributed by atoms with E-state index in [9.17, 15) is 23.1 Å². The van der Waals surface area contributed by atoms with Crippen molar-refractivity contribution in [2.45, 2.75) is 10.8 Å². The molecule has 1 fully saturated rings. The molecule has 1 saturated heterocycles. The van der Waals surface area contributed by atoms with Crippen LogP contribution in [0.4, 0.5) is 0 Å². The second-order valence-electron chi connectivity index (χ2n) is 6.47. The van der Waals surface area contributed by atoms with Crippen LogP contribution in [0.15, 0.2) is 59.5 Å². The molecule has 0 spiro atoms. The highest BCUT2D eigenvalue weighted by Crippen LogP contribution is 2.33. The highest BCUT2D eigenvalue weighted by atomic mass is 32.2. The summed E-state index contributed by atoms with van der Waals surface area (Å²) in [7, 11) is -3.43. The molecule has 1 N–H and O–H groups in total. The van der Waals surface area contributed by atoms with Crippen LogP contribution in [0.2, 0.25) is 0 Å². The lowest BCUT2D eigenvalue weighted by Gasteiger charge is -2.17. The number of amides is 1. The number of aliphatic carboxylic acids is 1. The van der Waals surface area contributed by atoms with Gasteiger partial charge in [0.15, 0.2) is 9.84 Å². The molecule has 2 aromatic carbocycles. The van der Waals surface area contributed by atoms with Gasteiger partial charge >= 0.3 is 5.97 Å². The standard InChI is InChI=1S/C19H19NO5S/c1-26(24,25)15-9-5-8-14(10-15)18(21)20-11-16(17(12-20)19(22)23)13-6-3-2-4-7-13/h2-10,16-17H,11-12H2,1H3,(H,22,23)/t16-,17-/m0/s1. The Bertz CT molecular complexity index is 939. The van der Waals surface area contributed by atoms with Gasteiger partial charge in [0.25, 0.3) is 5.91 Å². The van der Waals surface area contributed by atoms with E-state index in [4.69, 9.17) is 0 Å². The molecule has 1 heterocycles. The van der Waals surface area contributed by atoms with E-state index in [-0.39, 0.29) is 35.4 Å². The van der Waals surface area contributed by atoms with E-state index >= 15 is 0 Å². The third-order valence-electron chi connectivity index (χ3n) is 4.66. The van der Waals surface area contributed by atoms with Gasteiger partial charge in [0.2, 0.25) is 0 Å². The molecule has 3 rings (SSSR count). The summed E-state index contributed by atoms with van der Waals surface area (Å²) in [5.41, 5.74) is 1.12. The van der Waals surface area contributed by atoms with Crippen LogP contribution in [-0.2, 0) is 14.6 Å². The van der Waals surface area contributed by atoms with Gasteiger partial charge in [-0.2, -0.15) is 0 Å². The minimum atomic E-state index is -3.43. The molecule has 2 atom stereocenters. The van der Waals surface area contributed by atoms with E-state index in [1.165, 1.54) is 23.1 Å². The van der Waals surface area contributed by atoms with Gasteiger partial charge in [-0.05, 0) is 23.8 Å². The number of benzene rings is 2. The van der Waals surface area contributed by atoms with E-state index in [1.807, 2.05) is 30.3 Å². The second kappa shape index (κ2) is 6.92.